The third-order valence-corrected chi connectivity index (χ3v) is 5.61. The highest BCUT2D eigenvalue weighted by molar-refractivity contribution is 6.30. The number of rotatable bonds is 5. The van der Waals surface area contributed by atoms with Gasteiger partial charge in [0.1, 0.15) is 0 Å². The summed E-state index contributed by atoms with van der Waals surface area (Å²) in [7, 11) is 0. The zero-order valence-electron chi connectivity index (χ0n) is 13.1. The number of carboxylic acids is 1. The molecule has 0 radical (unpaired) electrons. The topological polar surface area (TPSA) is 66.4 Å². The molecule has 4 nitrogen and oxygen atoms in total. The monoisotopic (exact) mass is 335 g/mol. The second-order valence-corrected chi connectivity index (χ2v) is 7.33. The summed E-state index contributed by atoms with van der Waals surface area (Å²) in [6.07, 6.45) is 4.74. The van der Waals surface area contributed by atoms with E-state index >= 15 is 0 Å². The lowest BCUT2D eigenvalue weighted by Gasteiger charge is -2.26. The van der Waals surface area contributed by atoms with Crippen molar-refractivity contribution in [2.24, 2.45) is 11.8 Å². The van der Waals surface area contributed by atoms with Crippen LogP contribution in [0, 0.1) is 11.8 Å². The number of hydrogen-bond donors (Lipinski definition) is 2. The summed E-state index contributed by atoms with van der Waals surface area (Å²) in [5.41, 5.74) is 1.30. The number of benzene rings is 1. The van der Waals surface area contributed by atoms with Crippen molar-refractivity contribution >= 4 is 23.5 Å². The Balaban J connectivity index is 1.51. The van der Waals surface area contributed by atoms with Crippen LogP contribution in [0.15, 0.2) is 24.3 Å². The van der Waals surface area contributed by atoms with Crippen molar-refractivity contribution in [2.75, 3.05) is 6.54 Å². The summed E-state index contributed by atoms with van der Waals surface area (Å²) in [5, 5.41) is 12.8. The Hall–Kier alpha value is -1.55. The Morgan fingerprint density at radius 2 is 1.65 bits per heavy atom. The minimum Gasteiger partial charge on any atom is -0.481 e. The minimum atomic E-state index is -0.733. The summed E-state index contributed by atoms with van der Waals surface area (Å²) in [4.78, 5) is 23.3. The second kappa shape index (κ2) is 6.52. The first-order chi connectivity index (χ1) is 11.0. The number of hydrogen-bond acceptors (Lipinski definition) is 2. The van der Waals surface area contributed by atoms with Crippen LogP contribution < -0.4 is 5.32 Å². The predicted octanol–water partition coefficient (Wildman–Crippen LogP) is 3.38. The van der Waals surface area contributed by atoms with E-state index in [1.807, 2.05) is 24.3 Å². The van der Waals surface area contributed by atoms with Gasteiger partial charge in [0, 0.05) is 22.9 Å². The van der Waals surface area contributed by atoms with Crippen molar-refractivity contribution in [2.45, 2.75) is 43.9 Å². The lowest BCUT2D eigenvalue weighted by atomic mass is 9.81. The van der Waals surface area contributed by atoms with E-state index in [0.717, 1.165) is 17.9 Å². The molecule has 0 unspecified atom stereocenters. The molecular formula is C18H22ClNO3. The van der Waals surface area contributed by atoms with Gasteiger partial charge in [0.25, 0.3) is 0 Å². The van der Waals surface area contributed by atoms with E-state index in [1.54, 1.807) is 0 Å². The SMILES string of the molecule is O=C(O)C1CCC(C(=O)NCC2(c3ccc(Cl)cc3)CC2)CC1. The van der Waals surface area contributed by atoms with Crippen LogP contribution in [0.5, 0.6) is 0 Å². The average molecular weight is 336 g/mol. The van der Waals surface area contributed by atoms with Gasteiger partial charge in [0.15, 0.2) is 0 Å². The largest absolute Gasteiger partial charge is 0.481 e. The normalized spacial score (nSPS) is 25.6. The van der Waals surface area contributed by atoms with Crippen LogP contribution in [0.1, 0.15) is 44.1 Å². The Morgan fingerprint density at radius 3 is 2.17 bits per heavy atom. The maximum atomic E-state index is 12.4. The molecule has 0 aliphatic heterocycles. The van der Waals surface area contributed by atoms with E-state index in [4.69, 9.17) is 16.7 Å². The molecule has 5 heteroatoms. The summed E-state index contributed by atoms with van der Waals surface area (Å²) in [6, 6.07) is 7.87. The van der Waals surface area contributed by atoms with E-state index in [0.29, 0.717) is 32.2 Å². The summed E-state index contributed by atoms with van der Waals surface area (Å²) >= 11 is 5.93. The van der Waals surface area contributed by atoms with Crippen molar-refractivity contribution in [1.29, 1.82) is 0 Å². The number of amides is 1. The van der Waals surface area contributed by atoms with E-state index in [2.05, 4.69) is 5.32 Å². The highest BCUT2D eigenvalue weighted by atomic mass is 35.5. The molecule has 0 heterocycles. The average Bonchev–Trinajstić information content (AvgIpc) is 3.34. The number of carboxylic acid groups (broad SMARTS) is 1. The highest BCUT2D eigenvalue weighted by Gasteiger charge is 2.44. The molecule has 2 aliphatic carbocycles. The molecule has 0 aromatic heterocycles. The first kappa shape index (κ1) is 16.3. The molecular weight excluding hydrogens is 314 g/mol. The van der Waals surface area contributed by atoms with Crippen molar-refractivity contribution in [3.8, 4) is 0 Å². The Kier molecular flexibility index (Phi) is 4.62. The first-order valence-electron chi connectivity index (χ1n) is 8.27. The van der Waals surface area contributed by atoms with Crippen molar-refractivity contribution < 1.29 is 14.7 Å². The number of aliphatic carboxylic acids is 1. The van der Waals surface area contributed by atoms with Crippen LogP contribution in [-0.4, -0.2) is 23.5 Å². The standard InChI is InChI=1S/C18H22ClNO3/c19-15-7-5-14(6-8-15)18(9-10-18)11-20-16(21)12-1-3-13(4-2-12)17(22)23/h5-8,12-13H,1-4,9-11H2,(H,20,21)(H,22,23). The van der Waals surface area contributed by atoms with Crippen molar-refractivity contribution in [3.63, 3.8) is 0 Å². The van der Waals surface area contributed by atoms with Crippen molar-refractivity contribution in [3.05, 3.63) is 34.9 Å². The third kappa shape index (κ3) is 3.69. The van der Waals surface area contributed by atoms with E-state index < -0.39 is 5.97 Å². The fraction of sp³-hybridized carbons (Fsp3) is 0.556. The number of nitrogens with one attached hydrogen (secondary N) is 1. The molecule has 2 saturated carbocycles. The molecule has 1 amide bonds. The Labute approximate surface area is 141 Å². The Morgan fingerprint density at radius 1 is 1.09 bits per heavy atom. The van der Waals surface area contributed by atoms with Crippen LogP contribution in [0.25, 0.3) is 0 Å². The fourth-order valence-corrected chi connectivity index (χ4v) is 3.65. The molecule has 0 saturated heterocycles. The van der Waals surface area contributed by atoms with E-state index in [1.165, 1.54) is 5.56 Å². The van der Waals surface area contributed by atoms with Crippen LogP contribution in [-0.2, 0) is 15.0 Å². The zero-order valence-corrected chi connectivity index (χ0v) is 13.8. The van der Waals surface area contributed by atoms with Gasteiger partial charge in [-0.15, -0.1) is 0 Å². The fourth-order valence-electron chi connectivity index (χ4n) is 3.53. The van der Waals surface area contributed by atoms with Gasteiger partial charge in [-0.2, -0.15) is 0 Å². The van der Waals surface area contributed by atoms with Crippen molar-refractivity contribution in [1.82, 2.24) is 5.32 Å². The third-order valence-electron chi connectivity index (χ3n) is 5.36. The molecule has 124 valence electrons. The van der Waals surface area contributed by atoms with Gasteiger partial charge in [0.05, 0.1) is 5.92 Å². The van der Waals surface area contributed by atoms with Gasteiger partial charge in [-0.3, -0.25) is 9.59 Å². The molecule has 0 atom stereocenters. The maximum absolute atomic E-state index is 12.4. The minimum absolute atomic E-state index is 0.0355. The summed E-state index contributed by atoms with van der Waals surface area (Å²) in [5.74, 6) is -0.966. The van der Waals surface area contributed by atoms with Crippen LogP contribution in [0.2, 0.25) is 5.02 Å². The molecule has 1 aromatic rings. The molecule has 2 fully saturated rings. The molecule has 1 aromatic carbocycles. The lowest BCUT2D eigenvalue weighted by molar-refractivity contribution is -0.144. The quantitative estimate of drug-likeness (QED) is 0.866. The highest BCUT2D eigenvalue weighted by Crippen LogP contribution is 2.47. The zero-order chi connectivity index (χ0) is 16.4. The van der Waals surface area contributed by atoms with Crippen LogP contribution >= 0.6 is 11.6 Å². The smallest absolute Gasteiger partial charge is 0.306 e. The van der Waals surface area contributed by atoms with E-state index in [-0.39, 0.29) is 23.2 Å². The van der Waals surface area contributed by atoms with Gasteiger partial charge >= 0.3 is 5.97 Å². The predicted molar refractivity (Wildman–Crippen MR) is 88.5 cm³/mol. The second-order valence-electron chi connectivity index (χ2n) is 6.89. The molecule has 2 N–H and O–H groups in total. The van der Waals surface area contributed by atoms with Gasteiger partial charge < -0.3 is 10.4 Å². The van der Waals surface area contributed by atoms with Crippen LogP contribution in [0.4, 0.5) is 0 Å². The lowest BCUT2D eigenvalue weighted by Crippen LogP contribution is -2.38. The maximum Gasteiger partial charge on any atom is 0.306 e. The molecule has 23 heavy (non-hydrogen) atoms. The molecule has 3 rings (SSSR count). The molecule has 2 aliphatic rings. The first-order valence-corrected chi connectivity index (χ1v) is 8.64. The van der Waals surface area contributed by atoms with Gasteiger partial charge in [-0.05, 0) is 56.2 Å². The molecule has 0 bridgehead atoms. The number of carbonyl (C=O) groups is 2. The number of halogens is 1. The van der Waals surface area contributed by atoms with Gasteiger partial charge in [0.2, 0.25) is 5.91 Å². The van der Waals surface area contributed by atoms with Gasteiger partial charge in [-0.25, -0.2) is 0 Å². The number of carbonyl (C=O) groups excluding carboxylic acids is 1. The summed E-state index contributed by atoms with van der Waals surface area (Å²) in [6.45, 7) is 0.659. The summed E-state index contributed by atoms with van der Waals surface area (Å²) < 4.78 is 0. The Bertz CT molecular complexity index is 587. The molecule has 0 spiro atoms. The van der Waals surface area contributed by atoms with Crippen LogP contribution in [0.3, 0.4) is 0 Å². The van der Waals surface area contributed by atoms with Gasteiger partial charge in [-0.1, -0.05) is 23.7 Å². The van der Waals surface area contributed by atoms with E-state index in [9.17, 15) is 9.59 Å².